The lowest BCUT2D eigenvalue weighted by atomic mass is 9.41. The van der Waals surface area contributed by atoms with E-state index in [1.807, 2.05) is 0 Å². The van der Waals surface area contributed by atoms with E-state index < -0.39 is 0 Å². The standard InChI is InChI=1S/C34H58O/c1-21(2)24(6)25(22(3)4)19-23(5)26-13-15-32(10)28-12-11-27-30(7,8)29(35)14-16-33(27)20-34(28,33)18-17-31(26,32)9/h22-29,35H,1,11-20H2,2-10H3. The van der Waals surface area contributed by atoms with E-state index in [-0.39, 0.29) is 11.5 Å². The average Bonchev–Trinajstić information content (AvgIpc) is 3.36. The van der Waals surface area contributed by atoms with Crippen molar-refractivity contribution >= 4 is 0 Å². The summed E-state index contributed by atoms with van der Waals surface area (Å²) < 4.78 is 0. The van der Waals surface area contributed by atoms with Gasteiger partial charge in [-0.25, -0.2) is 0 Å². The fraction of sp³-hybridized carbons (Fsp3) is 0.941. The molecule has 200 valence electrons. The number of fused-ring (bicyclic) bond motifs is 2. The van der Waals surface area contributed by atoms with Gasteiger partial charge in [0.2, 0.25) is 0 Å². The largest absolute Gasteiger partial charge is 0.393 e. The zero-order valence-electron chi connectivity index (χ0n) is 24.8. The summed E-state index contributed by atoms with van der Waals surface area (Å²) in [5, 5.41) is 10.9. The first-order chi connectivity index (χ1) is 16.2. The second kappa shape index (κ2) is 8.10. The second-order valence-electron chi connectivity index (χ2n) is 16.3. The van der Waals surface area contributed by atoms with Crippen LogP contribution in [0.25, 0.3) is 0 Å². The van der Waals surface area contributed by atoms with Crippen molar-refractivity contribution in [3.8, 4) is 0 Å². The highest BCUT2D eigenvalue weighted by atomic mass is 16.3. The lowest BCUT2D eigenvalue weighted by molar-refractivity contribution is -0.162. The molecule has 0 aromatic carbocycles. The molecular weight excluding hydrogens is 424 g/mol. The van der Waals surface area contributed by atoms with Crippen LogP contribution in [0.1, 0.15) is 127 Å². The van der Waals surface area contributed by atoms with Crippen LogP contribution in [0.4, 0.5) is 0 Å². The molecular formula is C34H58O. The third-order valence-electron chi connectivity index (χ3n) is 14.8. The number of aliphatic hydroxyl groups excluding tert-OH is 1. The van der Waals surface area contributed by atoms with Crippen LogP contribution in [0.3, 0.4) is 0 Å². The Morgan fingerprint density at radius 1 is 0.829 bits per heavy atom. The molecule has 5 saturated carbocycles. The predicted octanol–water partition coefficient (Wildman–Crippen LogP) is 9.30. The zero-order chi connectivity index (χ0) is 25.8. The average molecular weight is 483 g/mol. The van der Waals surface area contributed by atoms with Gasteiger partial charge in [0.1, 0.15) is 0 Å². The molecule has 0 aromatic heterocycles. The van der Waals surface area contributed by atoms with Crippen LogP contribution in [0.15, 0.2) is 12.2 Å². The molecule has 11 unspecified atom stereocenters. The van der Waals surface area contributed by atoms with E-state index in [4.69, 9.17) is 0 Å². The van der Waals surface area contributed by atoms with E-state index in [1.54, 1.807) is 0 Å². The Hall–Kier alpha value is -0.300. The van der Waals surface area contributed by atoms with Crippen molar-refractivity contribution in [2.45, 2.75) is 133 Å². The molecule has 0 heterocycles. The lowest BCUT2D eigenvalue weighted by Crippen LogP contribution is -2.57. The molecule has 1 heteroatoms. The number of hydrogen-bond acceptors (Lipinski definition) is 1. The quantitative estimate of drug-likeness (QED) is 0.374. The molecule has 0 amide bonds. The van der Waals surface area contributed by atoms with E-state index in [0.717, 1.165) is 41.9 Å². The molecule has 0 radical (unpaired) electrons. The summed E-state index contributed by atoms with van der Waals surface area (Å²) in [6.07, 6.45) is 13.8. The Kier molecular flexibility index (Phi) is 6.09. The van der Waals surface area contributed by atoms with E-state index in [2.05, 4.69) is 68.9 Å². The molecule has 1 N–H and O–H groups in total. The van der Waals surface area contributed by atoms with Gasteiger partial charge in [-0.05, 0) is 140 Å². The smallest absolute Gasteiger partial charge is 0.0594 e. The van der Waals surface area contributed by atoms with Gasteiger partial charge in [-0.3, -0.25) is 0 Å². The number of hydrogen-bond donors (Lipinski definition) is 1. The molecule has 0 saturated heterocycles. The van der Waals surface area contributed by atoms with Gasteiger partial charge in [-0.2, -0.15) is 0 Å². The van der Waals surface area contributed by atoms with Crippen molar-refractivity contribution in [1.29, 1.82) is 0 Å². The summed E-state index contributed by atoms with van der Waals surface area (Å²) in [5.74, 6) is 5.45. The summed E-state index contributed by atoms with van der Waals surface area (Å²) in [6, 6.07) is 0. The van der Waals surface area contributed by atoms with Gasteiger partial charge in [0.05, 0.1) is 6.10 Å². The Morgan fingerprint density at radius 2 is 1.46 bits per heavy atom. The number of aliphatic hydroxyl groups is 1. The van der Waals surface area contributed by atoms with Crippen molar-refractivity contribution in [3.05, 3.63) is 12.2 Å². The number of allylic oxidation sites excluding steroid dienone is 1. The van der Waals surface area contributed by atoms with Crippen molar-refractivity contribution < 1.29 is 5.11 Å². The third-order valence-corrected chi connectivity index (χ3v) is 14.8. The van der Waals surface area contributed by atoms with E-state index in [1.165, 1.54) is 63.4 Å². The fourth-order valence-corrected chi connectivity index (χ4v) is 12.3. The third kappa shape index (κ3) is 3.27. The van der Waals surface area contributed by atoms with Gasteiger partial charge >= 0.3 is 0 Å². The van der Waals surface area contributed by atoms with Gasteiger partial charge in [0, 0.05) is 0 Å². The Bertz CT molecular complexity index is 855. The van der Waals surface area contributed by atoms with Crippen LogP contribution in [-0.4, -0.2) is 11.2 Å². The highest BCUT2D eigenvalue weighted by Gasteiger charge is 2.82. The molecule has 5 rings (SSSR count). The minimum Gasteiger partial charge on any atom is -0.393 e. The summed E-state index contributed by atoms with van der Waals surface area (Å²) >= 11 is 0. The molecule has 0 aliphatic heterocycles. The first-order valence-corrected chi connectivity index (χ1v) is 15.5. The van der Waals surface area contributed by atoms with Crippen LogP contribution in [0.5, 0.6) is 0 Å². The normalized spacial score (nSPS) is 50.4. The summed E-state index contributed by atoms with van der Waals surface area (Å²) in [5.41, 5.74) is 3.64. The minimum atomic E-state index is -0.0935. The van der Waals surface area contributed by atoms with Crippen molar-refractivity contribution in [2.75, 3.05) is 0 Å². The van der Waals surface area contributed by atoms with Gasteiger partial charge in [0.25, 0.3) is 0 Å². The van der Waals surface area contributed by atoms with E-state index in [0.29, 0.717) is 27.6 Å². The Morgan fingerprint density at radius 3 is 2.09 bits per heavy atom. The van der Waals surface area contributed by atoms with Crippen molar-refractivity contribution in [2.24, 2.45) is 68.5 Å². The van der Waals surface area contributed by atoms with Crippen LogP contribution in [0.2, 0.25) is 0 Å². The highest BCUT2D eigenvalue weighted by molar-refractivity contribution is 5.30. The van der Waals surface area contributed by atoms with E-state index in [9.17, 15) is 5.11 Å². The van der Waals surface area contributed by atoms with Gasteiger partial charge in [-0.15, -0.1) is 0 Å². The van der Waals surface area contributed by atoms with Gasteiger partial charge < -0.3 is 5.11 Å². The first-order valence-electron chi connectivity index (χ1n) is 15.5. The maximum atomic E-state index is 10.9. The molecule has 0 aromatic rings. The van der Waals surface area contributed by atoms with Crippen molar-refractivity contribution in [1.82, 2.24) is 0 Å². The molecule has 5 fully saturated rings. The highest BCUT2D eigenvalue weighted by Crippen LogP contribution is 2.89. The second-order valence-corrected chi connectivity index (χ2v) is 16.3. The number of rotatable bonds is 6. The van der Waals surface area contributed by atoms with Crippen LogP contribution in [-0.2, 0) is 0 Å². The van der Waals surface area contributed by atoms with Gasteiger partial charge in [0.15, 0.2) is 0 Å². The summed E-state index contributed by atoms with van der Waals surface area (Å²) in [4.78, 5) is 0. The fourth-order valence-electron chi connectivity index (χ4n) is 12.3. The SMILES string of the molecule is C=C(C)C(C)C(CC(C)C1CCC2(C)C3CCC4C(C)(C)C(O)CCC45CC35CCC12C)C(C)C. The topological polar surface area (TPSA) is 20.2 Å². The van der Waals surface area contributed by atoms with Gasteiger partial charge in [-0.1, -0.05) is 67.5 Å². The maximum Gasteiger partial charge on any atom is 0.0594 e. The predicted molar refractivity (Wildman–Crippen MR) is 149 cm³/mol. The molecule has 35 heavy (non-hydrogen) atoms. The lowest BCUT2D eigenvalue weighted by Gasteiger charge is -2.63. The Balaban J connectivity index is 1.40. The maximum absolute atomic E-state index is 10.9. The molecule has 5 aliphatic rings. The zero-order valence-corrected chi connectivity index (χ0v) is 24.8. The Labute approximate surface area is 218 Å². The van der Waals surface area contributed by atoms with Crippen LogP contribution >= 0.6 is 0 Å². The molecule has 2 spiro atoms. The molecule has 11 atom stereocenters. The molecule has 5 aliphatic carbocycles. The first kappa shape index (κ1) is 26.3. The van der Waals surface area contributed by atoms with Crippen LogP contribution in [0, 0.1) is 68.5 Å². The minimum absolute atomic E-state index is 0.0935. The molecule has 0 bridgehead atoms. The van der Waals surface area contributed by atoms with E-state index >= 15 is 0 Å². The summed E-state index contributed by atoms with van der Waals surface area (Å²) in [7, 11) is 0. The summed E-state index contributed by atoms with van der Waals surface area (Å²) in [6.45, 7) is 26.8. The van der Waals surface area contributed by atoms with Crippen LogP contribution < -0.4 is 0 Å². The van der Waals surface area contributed by atoms with Crippen molar-refractivity contribution in [3.63, 3.8) is 0 Å². The molecule has 1 nitrogen and oxygen atoms in total. The monoisotopic (exact) mass is 482 g/mol.